The van der Waals surface area contributed by atoms with Crippen molar-refractivity contribution in [2.24, 2.45) is 5.92 Å². The molecule has 0 radical (unpaired) electrons. The van der Waals surface area contributed by atoms with E-state index in [0.29, 0.717) is 18.0 Å². The molecule has 3 N–H and O–H groups in total. The normalized spacial score (nSPS) is 21.9. The van der Waals surface area contributed by atoms with Crippen molar-refractivity contribution >= 4 is 34.8 Å². The highest BCUT2D eigenvalue weighted by molar-refractivity contribution is 6.39. The van der Waals surface area contributed by atoms with E-state index in [0.717, 1.165) is 12.8 Å². The minimum Gasteiger partial charge on any atom is -0.396 e. The first-order valence-electron chi connectivity index (χ1n) is 6.06. The predicted molar refractivity (Wildman–Crippen MR) is 76.6 cm³/mol. The number of benzene rings is 1. The van der Waals surface area contributed by atoms with Crippen molar-refractivity contribution in [3.05, 3.63) is 27.7 Å². The lowest BCUT2D eigenvalue weighted by Gasteiger charge is -2.34. The first-order chi connectivity index (χ1) is 8.88. The van der Waals surface area contributed by atoms with E-state index in [2.05, 4.69) is 0 Å². The molecule has 1 saturated carbocycles. The molecule has 0 unspecified atom stereocenters. The van der Waals surface area contributed by atoms with E-state index in [1.807, 2.05) is 0 Å². The molecule has 1 aliphatic carbocycles. The molecule has 2 rings (SSSR count). The number of hydrogen-bond acceptors (Lipinski definition) is 3. The zero-order valence-corrected chi connectivity index (χ0v) is 12.1. The maximum Gasteiger partial charge on any atom is 0.253 e. The highest BCUT2D eigenvalue weighted by Crippen LogP contribution is 2.30. The second-order valence-corrected chi connectivity index (χ2v) is 5.84. The van der Waals surface area contributed by atoms with Crippen molar-refractivity contribution in [3.63, 3.8) is 0 Å². The molecule has 1 aliphatic rings. The Hall–Kier alpha value is -0.970. The van der Waals surface area contributed by atoms with Crippen LogP contribution < -0.4 is 5.73 Å². The van der Waals surface area contributed by atoms with Gasteiger partial charge in [0.05, 0.1) is 21.8 Å². The molecule has 104 valence electrons. The zero-order chi connectivity index (χ0) is 14.2. The largest absolute Gasteiger partial charge is 0.396 e. The molecule has 0 bridgehead atoms. The summed E-state index contributed by atoms with van der Waals surface area (Å²) in [7, 11) is 1.73. The van der Waals surface area contributed by atoms with Crippen LogP contribution in [0.25, 0.3) is 0 Å². The number of halogens is 2. The van der Waals surface area contributed by atoms with Crippen LogP contribution in [0, 0.1) is 5.92 Å². The summed E-state index contributed by atoms with van der Waals surface area (Å²) >= 11 is 11.8. The standard InChI is InChI=1S/C13H16Cl2N2O2/c1-17(6-7-2-9(18)3-7)13(19)8-4-10(14)12(16)11(15)5-8/h4-5,7,9,18H,2-3,6,16H2,1H3. The third-order valence-electron chi connectivity index (χ3n) is 3.42. The van der Waals surface area contributed by atoms with E-state index in [4.69, 9.17) is 28.9 Å². The van der Waals surface area contributed by atoms with Crippen LogP contribution in [-0.4, -0.2) is 35.6 Å². The molecule has 0 saturated heterocycles. The number of nitrogen functional groups attached to an aromatic ring is 1. The van der Waals surface area contributed by atoms with Crippen molar-refractivity contribution in [1.29, 1.82) is 0 Å². The molecular formula is C13H16Cl2N2O2. The Labute approximate surface area is 122 Å². The first-order valence-corrected chi connectivity index (χ1v) is 6.82. The van der Waals surface area contributed by atoms with Gasteiger partial charge in [-0.2, -0.15) is 0 Å². The zero-order valence-electron chi connectivity index (χ0n) is 10.6. The highest BCUT2D eigenvalue weighted by atomic mass is 35.5. The number of carbonyl (C=O) groups is 1. The molecule has 0 aliphatic heterocycles. The highest BCUT2D eigenvalue weighted by Gasteiger charge is 2.29. The number of nitrogens with two attached hydrogens (primary N) is 1. The van der Waals surface area contributed by atoms with Gasteiger partial charge in [-0.3, -0.25) is 4.79 Å². The van der Waals surface area contributed by atoms with Gasteiger partial charge in [0, 0.05) is 19.2 Å². The first kappa shape index (κ1) is 14.4. The topological polar surface area (TPSA) is 66.6 Å². The summed E-state index contributed by atoms with van der Waals surface area (Å²) in [4.78, 5) is 13.8. The molecule has 1 aromatic rings. The average Bonchev–Trinajstić information content (AvgIpc) is 2.32. The summed E-state index contributed by atoms with van der Waals surface area (Å²) in [6.07, 6.45) is 1.29. The number of nitrogens with zero attached hydrogens (tertiary/aromatic N) is 1. The molecule has 1 fully saturated rings. The molecule has 1 aromatic carbocycles. The van der Waals surface area contributed by atoms with Crippen molar-refractivity contribution in [2.75, 3.05) is 19.3 Å². The monoisotopic (exact) mass is 302 g/mol. The third-order valence-corrected chi connectivity index (χ3v) is 4.04. The summed E-state index contributed by atoms with van der Waals surface area (Å²) in [6.45, 7) is 0.621. The minimum absolute atomic E-state index is 0.148. The Morgan fingerprint density at radius 1 is 1.42 bits per heavy atom. The summed E-state index contributed by atoms with van der Waals surface area (Å²) in [5.41, 5.74) is 6.34. The fourth-order valence-corrected chi connectivity index (χ4v) is 2.74. The van der Waals surface area contributed by atoms with Gasteiger partial charge < -0.3 is 15.7 Å². The molecule has 0 atom stereocenters. The molecule has 0 spiro atoms. The molecule has 1 amide bonds. The predicted octanol–water partition coefficient (Wildman–Crippen LogP) is 2.42. The lowest BCUT2D eigenvalue weighted by molar-refractivity contribution is 0.0265. The minimum atomic E-state index is -0.214. The molecule has 0 aromatic heterocycles. The van der Waals surface area contributed by atoms with E-state index in [-0.39, 0.29) is 27.7 Å². The quantitative estimate of drug-likeness (QED) is 0.843. The van der Waals surface area contributed by atoms with Crippen LogP contribution >= 0.6 is 23.2 Å². The van der Waals surface area contributed by atoms with Crippen molar-refractivity contribution in [3.8, 4) is 0 Å². The molecule has 6 heteroatoms. The van der Waals surface area contributed by atoms with Crippen LogP contribution in [0.2, 0.25) is 10.0 Å². The number of rotatable bonds is 3. The molecule has 19 heavy (non-hydrogen) atoms. The number of aliphatic hydroxyl groups excluding tert-OH is 1. The van der Waals surface area contributed by atoms with E-state index in [1.54, 1.807) is 11.9 Å². The van der Waals surface area contributed by atoms with Crippen LogP contribution in [0.15, 0.2) is 12.1 Å². The lowest BCUT2D eigenvalue weighted by atomic mass is 9.82. The van der Waals surface area contributed by atoms with Crippen LogP contribution in [0.5, 0.6) is 0 Å². The summed E-state index contributed by atoms with van der Waals surface area (Å²) in [5, 5.41) is 9.80. The van der Waals surface area contributed by atoms with E-state index in [9.17, 15) is 9.90 Å². The van der Waals surface area contributed by atoms with Gasteiger partial charge in [0.2, 0.25) is 0 Å². The van der Waals surface area contributed by atoms with Crippen molar-refractivity contribution in [2.45, 2.75) is 18.9 Å². The van der Waals surface area contributed by atoms with Crippen molar-refractivity contribution < 1.29 is 9.90 Å². The maximum absolute atomic E-state index is 12.2. The number of aliphatic hydroxyl groups is 1. The van der Waals surface area contributed by atoms with Crippen LogP contribution in [0.3, 0.4) is 0 Å². The van der Waals surface area contributed by atoms with Crippen molar-refractivity contribution in [1.82, 2.24) is 4.90 Å². The smallest absolute Gasteiger partial charge is 0.253 e. The van der Waals surface area contributed by atoms with Crippen LogP contribution in [0.1, 0.15) is 23.2 Å². The second kappa shape index (κ2) is 5.57. The number of carbonyl (C=O) groups excluding carboxylic acids is 1. The van der Waals surface area contributed by atoms with Gasteiger partial charge in [-0.25, -0.2) is 0 Å². The number of anilines is 1. The van der Waals surface area contributed by atoms with Gasteiger partial charge in [-0.1, -0.05) is 23.2 Å². The number of hydrogen-bond donors (Lipinski definition) is 2. The van der Waals surface area contributed by atoms with Gasteiger partial charge in [0.1, 0.15) is 0 Å². The SMILES string of the molecule is CN(CC1CC(O)C1)C(=O)c1cc(Cl)c(N)c(Cl)c1. The van der Waals surface area contributed by atoms with E-state index < -0.39 is 0 Å². The Kier molecular flexibility index (Phi) is 4.23. The molecule has 0 heterocycles. The Bertz CT molecular complexity index is 478. The van der Waals surface area contributed by atoms with Crippen LogP contribution in [0.4, 0.5) is 5.69 Å². The van der Waals surface area contributed by atoms with Gasteiger partial charge in [-0.15, -0.1) is 0 Å². The summed E-state index contributed by atoms with van der Waals surface area (Å²) in [6, 6.07) is 3.05. The summed E-state index contributed by atoms with van der Waals surface area (Å²) < 4.78 is 0. The number of amides is 1. The Morgan fingerprint density at radius 3 is 2.42 bits per heavy atom. The third kappa shape index (κ3) is 3.14. The molecular weight excluding hydrogens is 287 g/mol. The van der Waals surface area contributed by atoms with Gasteiger partial charge in [0.25, 0.3) is 5.91 Å². The molecule has 4 nitrogen and oxygen atoms in total. The Morgan fingerprint density at radius 2 is 1.95 bits per heavy atom. The average molecular weight is 303 g/mol. The second-order valence-electron chi connectivity index (χ2n) is 5.03. The van der Waals surface area contributed by atoms with Gasteiger partial charge >= 0.3 is 0 Å². The summed E-state index contributed by atoms with van der Waals surface area (Å²) in [5.74, 6) is 0.217. The van der Waals surface area contributed by atoms with E-state index in [1.165, 1.54) is 12.1 Å². The lowest BCUT2D eigenvalue weighted by Crippen LogP contribution is -2.39. The Balaban J connectivity index is 2.06. The van der Waals surface area contributed by atoms with Crippen LogP contribution in [-0.2, 0) is 0 Å². The van der Waals surface area contributed by atoms with Gasteiger partial charge in [0.15, 0.2) is 0 Å². The van der Waals surface area contributed by atoms with Gasteiger partial charge in [-0.05, 0) is 30.9 Å². The maximum atomic E-state index is 12.2. The fraction of sp³-hybridized carbons (Fsp3) is 0.462. The van der Waals surface area contributed by atoms with E-state index >= 15 is 0 Å². The fourth-order valence-electron chi connectivity index (χ4n) is 2.25.